The van der Waals surface area contributed by atoms with Crippen LogP contribution in [0.15, 0.2) is 0 Å². The Bertz CT molecular complexity index is 376. The van der Waals surface area contributed by atoms with Crippen LogP contribution in [-0.2, 0) is 9.53 Å². The van der Waals surface area contributed by atoms with Gasteiger partial charge in [0.15, 0.2) is 17.0 Å². The van der Waals surface area contributed by atoms with Gasteiger partial charge in [-0.2, -0.15) is 0 Å². The second-order valence-electron chi connectivity index (χ2n) is 4.17. The van der Waals surface area contributed by atoms with E-state index in [1.807, 2.05) is 6.92 Å². The van der Waals surface area contributed by atoms with E-state index in [1.165, 1.54) is 6.29 Å². The van der Waals surface area contributed by atoms with Crippen LogP contribution in [-0.4, -0.2) is 47.6 Å². The number of carbonyl (C=O) groups is 1. The van der Waals surface area contributed by atoms with Crippen molar-refractivity contribution in [1.82, 2.24) is 10.3 Å². The van der Waals surface area contributed by atoms with Crippen molar-refractivity contribution in [2.24, 2.45) is 5.73 Å². The summed E-state index contributed by atoms with van der Waals surface area (Å²) in [7, 11) is 0. The predicted molar refractivity (Wildman–Crippen MR) is 73.7 cm³/mol. The molecule has 1 unspecified atom stereocenters. The Morgan fingerprint density at radius 3 is 2.71 bits per heavy atom. The fraction of sp³-hybridized carbons (Fsp3) is 0.727. The highest BCUT2D eigenvalue weighted by molar-refractivity contribution is 5.74. The lowest BCUT2D eigenvalue weighted by Gasteiger charge is -2.17. The summed E-state index contributed by atoms with van der Waals surface area (Å²) in [6.45, 7) is 2.18. The number of rotatable bonds is 10. The molecule has 1 amide bonds. The van der Waals surface area contributed by atoms with Gasteiger partial charge in [-0.15, -0.1) is 0 Å². The zero-order valence-corrected chi connectivity index (χ0v) is 11.8. The molecule has 0 aromatic rings. The topological polar surface area (TPSA) is 152 Å². The van der Waals surface area contributed by atoms with E-state index in [9.17, 15) is 19.7 Å². The number of nitro groups is 1. The number of nitrogens with zero attached hydrogens (tertiary/aromatic N) is 2. The van der Waals surface area contributed by atoms with Crippen LogP contribution < -0.4 is 11.1 Å². The molecule has 0 fully saturated rings. The van der Waals surface area contributed by atoms with E-state index in [4.69, 9.17) is 15.9 Å². The van der Waals surface area contributed by atoms with Gasteiger partial charge in [-0.05, 0) is 24.3 Å². The number of hydrazine groups is 1. The Balaban J connectivity index is 4.50. The predicted octanol–water partition coefficient (Wildman–Crippen LogP) is 0.158. The maximum Gasteiger partial charge on any atom is 0.468 e. The van der Waals surface area contributed by atoms with Gasteiger partial charge in [0.25, 0.3) is 0 Å². The van der Waals surface area contributed by atoms with Crippen LogP contribution in [0.25, 0.3) is 0 Å². The molecule has 4 N–H and O–H groups in total. The monoisotopic (exact) mass is 302 g/mol. The van der Waals surface area contributed by atoms with Gasteiger partial charge in [0.2, 0.25) is 6.29 Å². The van der Waals surface area contributed by atoms with Crippen molar-refractivity contribution in [3.05, 3.63) is 10.1 Å². The van der Waals surface area contributed by atoms with Gasteiger partial charge in [0.05, 0.1) is 6.61 Å². The number of unbranched alkanes of at least 4 members (excludes halogenated alkanes) is 1. The highest BCUT2D eigenvalue weighted by Gasteiger charge is 2.35. The Labute approximate surface area is 122 Å². The lowest BCUT2D eigenvalue weighted by atomic mass is 10.1. The Hall–Kier alpha value is -2.39. The normalized spacial score (nSPS) is 11.3. The maximum atomic E-state index is 11.6. The van der Waals surface area contributed by atoms with Gasteiger partial charge in [-0.1, -0.05) is 13.3 Å². The molecule has 0 aliphatic rings. The quantitative estimate of drug-likeness (QED) is 0.171. The number of nitrogens with one attached hydrogen (secondary N) is 2. The van der Waals surface area contributed by atoms with E-state index in [0.717, 1.165) is 6.42 Å². The number of hydrogen-bond acceptors (Lipinski definition) is 6. The molecule has 0 aliphatic carbocycles. The van der Waals surface area contributed by atoms with Crippen molar-refractivity contribution in [1.29, 1.82) is 5.41 Å². The van der Waals surface area contributed by atoms with E-state index >= 15 is 0 Å². The van der Waals surface area contributed by atoms with E-state index in [0.29, 0.717) is 12.8 Å². The van der Waals surface area contributed by atoms with Gasteiger partial charge in [0.1, 0.15) is 0 Å². The van der Waals surface area contributed by atoms with Crippen molar-refractivity contribution < 1.29 is 19.4 Å². The number of amides is 1. The van der Waals surface area contributed by atoms with Crippen molar-refractivity contribution >= 4 is 18.3 Å². The van der Waals surface area contributed by atoms with Crippen LogP contribution in [0.1, 0.15) is 32.6 Å². The van der Waals surface area contributed by atoms with Crippen molar-refractivity contribution in [2.75, 3.05) is 13.2 Å². The highest BCUT2D eigenvalue weighted by Crippen LogP contribution is 2.08. The number of guanidine groups is 1. The van der Waals surface area contributed by atoms with Crippen LogP contribution in [0.3, 0.4) is 0 Å². The largest absolute Gasteiger partial charge is 0.468 e. The number of nitrogens with two attached hydrogens (primary N) is 1. The average Bonchev–Trinajstić information content (AvgIpc) is 2.41. The van der Waals surface area contributed by atoms with Gasteiger partial charge in [-0.3, -0.25) is 10.2 Å². The fourth-order valence-electron chi connectivity index (χ4n) is 1.43. The standard InChI is InChI=1S/C11H20N5O5/c1-2-3-7-21-11(18)15(16(19)20)9(8-17)5-4-6-14-10(12)13/h9H,2-7H2,1H3,(H4,12,13,14). The van der Waals surface area contributed by atoms with E-state index in [1.54, 1.807) is 0 Å². The van der Waals surface area contributed by atoms with Gasteiger partial charge >= 0.3 is 6.09 Å². The molecule has 0 bridgehead atoms. The second-order valence-corrected chi connectivity index (χ2v) is 4.17. The Kier molecular flexibility index (Phi) is 9.22. The summed E-state index contributed by atoms with van der Waals surface area (Å²) >= 11 is 0. The molecule has 10 heteroatoms. The maximum absolute atomic E-state index is 11.6. The minimum absolute atomic E-state index is 0.00758. The molecule has 21 heavy (non-hydrogen) atoms. The number of carbonyl (C=O) groups excluding carboxylic acids is 2. The van der Waals surface area contributed by atoms with Crippen LogP contribution in [0, 0.1) is 15.5 Å². The molecule has 0 saturated heterocycles. The molecular weight excluding hydrogens is 282 g/mol. The third-order valence-electron chi connectivity index (χ3n) is 2.49. The molecule has 0 aromatic carbocycles. The first kappa shape index (κ1) is 18.6. The van der Waals surface area contributed by atoms with Crippen molar-refractivity contribution in [3.8, 4) is 0 Å². The molecule has 0 spiro atoms. The van der Waals surface area contributed by atoms with Crippen LogP contribution >= 0.6 is 0 Å². The van der Waals surface area contributed by atoms with Crippen LogP contribution in [0.2, 0.25) is 0 Å². The molecule has 0 saturated carbocycles. The van der Waals surface area contributed by atoms with Crippen LogP contribution in [0.5, 0.6) is 0 Å². The lowest BCUT2D eigenvalue weighted by molar-refractivity contribution is -0.640. The highest BCUT2D eigenvalue weighted by atomic mass is 16.7. The zero-order valence-electron chi connectivity index (χ0n) is 11.8. The second kappa shape index (κ2) is 10.4. The molecule has 0 heterocycles. The van der Waals surface area contributed by atoms with Crippen molar-refractivity contribution in [2.45, 2.75) is 38.6 Å². The lowest BCUT2D eigenvalue weighted by Crippen LogP contribution is -2.46. The van der Waals surface area contributed by atoms with Crippen LogP contribution in [0.4, 0.5) is 4.79 Å². The third-order valence-corrected chi connectivity index (χ3v) is 2.49. The molecule has 0 aliphatic heterocycles. The molecule has 0 rings (SSSR count). The molecular formula is C11H20N5O5. The molecule has 1 atom stereocenters. The smallest absolute Gasteiger partial charge is 0.446 e. The summed E-state index contributed by atoms with van der Waals surface area (Å²) < 4.78 is 4.73. The first-order chi connectivity index (χ1) is 9.93. The summed E-state index contributed by atoms with van der Waals surface area (Å²) in [5.41, 5.74) is 5.07. The summed E-state index contributed by atoms with van der Waals surface area (Å²) in [5, 5.41) is 19.5. The number of hydrogen-bond donors (Lipinski definition) is 3. The molecule has 119 valence electrons. The average molecular weight is 302 g/mol. The zero-order chi connectivity index (χ0) is 16.3. The van der Waals surface area contributed by atoms with Crippen molar-refractivity contribution in [3.63, 3.8) is 0 Å². The van der Waals surface area contributed by atoms with E-state index < -0.39 is 17.2 Å². The summed E-state index contributed by atoms with van der Waals surface area (Å²) in [4.78, 5) is 33.4. The summed E-state index contributed by atoms with van der Waals surface area (Å²) in [5.74, 6) is -0.244. The molecule has 0 aromatic heterocycles. The summed E-state index contributed by atoms with van der Waals surface area (Å²) in [6, 6.07) is -1.34. The molecule has 1 radical (unpaired) electrons. The Morgan fingerprint density at radius 2 is 2.24 bits per heavy atom. The molecule has 10 nitrogen and oxygen atoms in total. The first-order valence-corrected chi connectivity index (χ1v) is 6.49. The Morgan fingerprint density at radius 1 is 1.57 bits per heavy atom. The first-order valence-electron chi connectivity index (χ1n) is 6.49. The van der Waals surface area contributed by atoms with Gasteiger partial charge in [0, 0.05) is 6.54 Å². The third kappa shape index (κ3) is 7.70. The minimum atomic E-state index is -1.34. The fourth-order valence-corrected chi connectivity index (χ4v) is 1.43. The minimum Gasteiger partial charge on any atom is -0.446 e. The number of ether oxygens (including phenoxy) is 1. The SMILES string of the molecule is CCCCOC(=O)N(C([C]=O)CCCNC(=N)N)[N+](=O)[O-]. The van der Waals surface area contributed by atoms with E-state index in [-0.39, 0.29) is 30.5 Å². The van der Waals surface area contributed by atoms with Gasteiger partial charge in [-0.25, -0.2) is 14.9 Å². The summed E-state index contributed by atoms with van der Waals surface area (Å²) in [6.07, 6.45) is 1.94. The van der Waals surface area contributed by atoms with Gasteiger partial charge < -0.3 is 15.8 Å². The van der Waals surface area contributed by atoms with E-state index in [2.05, 4.69) is 5.32 Å².